The van der Waals surface area contributed by atoms with Crippen LogP contribution in [-0.4, -0.2) is 30.5 Å². The van der Waals surface area contributed by atoms with Crippen molar-refractivity contribution in [3.8, 4) is 11.5 Å². The number of benzene rings is 1. The van der Waals surface area contributed by atoms with Gasteiger partial charge in [0, 0.05) is 37.5 Å². The van der Waals surface area contributed by atoms with Crippen molar-refractivity contribution in [1.29, 1.82) is 0 Å². The maximum atomic E-state index is 5.34. The molecule has 0 saturated carbocycles. The van der Waals surface area contributed by atoms with E-state index < -0.39 is 0 Å². The molecule has 0 radical (unpaired) electrons. The summed E-state index contributed by atoms with van der Waals surface area (Å²) in [5, 5.41) is 11.1. The number of nitrogens with one attached hydrogen (secondary N) is 2. The van der Waals surface area contributed by atoms with E-state index in [4.69, 9.17) is 9.47 Å². The lowest BCUT2D eigenvalue weighted by atomic mass is 10.1. The van der Waals surface area contributed by atoms with Gasteiger partial charge in [0.25, 0.3) is 0 Å². The minimum Gasteiger partial charge on any atom is -0.493 e. The number of anilines is 2. The Morgan fingerprint density at radius 1 is 1.20 bits per heavy atom. The minimum absolute atomic E-state index is 0.189. The van der Waals surface area contributed by atoms with Crippen LogP contribution in [0.2, 0.25) is 0 Å². The average Bonchev–Trinajstić information content (AvgIpc) is 2.91. The third-order valence-corrected chi connectivity index (χ3v) is 3.48. The number of aryl methyl sites for hydroxylation is 1. The van der Waals surface area contributed by atoms with Crippen LogP contribution in [0, 0.1) is 0 Å². The summed E-state index contributed by atoms with van der Waals surface area (Å²) in [6.07, 6.45) is 3.90. The Morgan fingerprint density at radius 3 is 2.50 bits per heavy atom. The van der Waals surface area contributed by atoms with Gasteiger partial charge in [-0.25, -0.2) is 0 Å². The molecule has 0 amide bonds. The fourth-order valence-corrected chi connectivity index (χ4v) is 2.42. The molecule has 1 aliphatic heterocycles. The topological polar surface area (TPSA) is 60.3 Å². The van der Waals surface area contributed by atoms with E-state index >= 15 is 0 Å². The van der Waals surface area contributed by atoms with E-state index in [9.17, 15) is 0 Å². The van der Waals surface area contributed by atoms with Crippen molar-refractivity contribution >= 4 is 11.4 Å². The molecule has 1 atom stereocenters. The van der Waals surface area contributed by atoms with E-state index in [-0.39, 0.29) is 6.04 Å². The Balaban J connectivity index is 1.90. The lowest BCUT2D eigenvalue weighted by Gasteiger charge is -2.28. The molecule has 2 heterocycles. The van der Waals surface area contributed by atoms with Gasteiger partial charge in [0.2, 0.25) is 0 Å². The van der Waals surface area contributed by atoms with E-state index in [1.165, 1.54) is 0 Å². The number of methoxy groups -OCH3 is 2. The van der Waals surface area contributed by atoms with Crippen LogP contribution in [0.25, 0.3) is 0 Å². The van der Waals surface area contributed by atoms with Gasteiger partial charge in [-0.3, -0.25) is 4.68 Å². The molecule has 2 N–H and O–H groups in total. The average molecular weight is 274 g/mol. The standard InChI is InChI=1S/C14H18N4O2/c1-18-8-9(6-16-18)12-7-15-10-4-13(19-2)14(20-3)5-11(10)17-12/h4-6,8,12,15,17H,7H2,1-3H3. The molecule has 20 heavy (non-hydrogen) atoms. The number of hydrogen-bond donors (Lipinski definition) is 2. The van der Waals surface area contributed by atoms with Gasteiger partial charge in [0.05, 0.1) is 37.8 Å². The van der Waals surface area contributed by atoms with Gasteiger partial charge in [0.1, 0.15) is 0 Å². The summed E-state index contributed by atoms with van der Waals surface area (Å²) >= 11 is 0. The molecule has 0 aliphatic carbocycles. The molecule has 1 unspecified atom stereocenters. The summed E-state index contributed by atoms with van der Waals surface area (Å²) in [4.78, 5) is 0. The summed E-state index contributed by atoms with van der Waals surface area (Å²) in [6.45, 7) is 0.800. The maximum absolute atomic E-state index is 5.34. The van der Waals surface area contributed by atoms with Crippen LogP contribution < -0.4 is 20.1 Å². The molecule has 2 aromatic rings. The molecule has 0 bridgehead atoms. The highest BCUT2D eigenvalue weighted by Crippen LogP contribution is 2.40. The van der Waals surface area contributed by atoms with E-state index in [2.05, 4.69) is 15.7 Å². The highest BCUT2D eigenvalue weighted by Gasteiger charge is 2.22. The molecule has 1 aromatic carbocycles. The second-order valence-corrected chi connectivity index (χ2v) is 4.78. The molecular weight excluding hydrogens is 256 g/mol. The molecule has 6 nitrogen and oxygen atoms in total. The van der Waals surface area contributed by atoms with E-state index in [0.29, 0.717) is 5.75 Å². The molecule has 0 saturated heterocycles. The summed E-state index contributed by atoms with van der Waals surface area (Å²) in [5.74, 6) is 1.44. The van der Waals surface area contributed by atoms with Crippen LogP contribution in [0.15, 0.2) is 24.5 Å². The van der Waals surface area contributed by atoms with Crippen LogP contribution in [0.4, 0.5) is 11.4 Å². The first kappa shape index (κ1) is 12.7. The molecule has 1 aromatic heterocycles. The molecule has 0 spiro atoms. The first-order chi connectivity index (χ1) is 9.71. The fraction of sp³-hybridized carbons (Fsp3) is 0.357. The van der Waals surface area contributed by atoms with Crippen molar-refractivity contribution in [2.24, 2.45) is 7.05 Å². The highest BCUT2D eigenvalue weighted by atomic mass is 16.5. The zero-order chi connectivity index (χ0) is 14.1. The van der Waals surface area contributed by atoms with Crippen molar-refractivity contribution in [3.05, 3.63) is 30.1 Å². The van der Waals surface area contributed by atoms with Crippen molar-refractivity contribution in [2.75, 3.05) is 31.4 Å². The monoisotopic (exact) mass is 274 g/mol. The second-order valence-electron chi connectivity index (χ2n) is 4.78. The van der Waals surface area contributed by atoms with Crippen LogP contribution >= 0.6 is 0 Å². The third kappa shape index (κ3) is 2.13. The van der Waals surface area contributed by atoms with Gasteiger partial charge in [-0.1, -0.05) is 0 Å². The largest absolute Gasteiger partial charge is 0.493 e. The third-order valence-electron chi connectivity index (χ3n) is 3.48. The van der Waals surface area contributed by atoms with Gasteiger partial charge in [-0.2, -0.15) is 5.10 Å². The number of aromatic nitrogens is 2. The summed E-state index contributed by atoms with van der Waals surface area (Å²) < 4.78 is 12.5. The van der Waals surface area contributed by atoms with Gasteiger partial charge in [0.15, 0.2) is 11.5 Å². The molecule has 3 rings (SSSR count). The minimum atomic E-state index is 0.189. The van der Waals surface area contributed by atoms with Gasteiger partial charge in [-0.15, -0.1) is 0 Å². The highest BCUT2D eigenvalue weighted by molar-refractivity contribution is 5.76. The normalized spacial score (nSPS) is 16.9. The fourth-order valence-electron chi connectivity index (χ4n) is 2.42. The van der Waals surface area contributed by atoms with Crippen molar-refractivity contribution < 1.29 is 9.47 Å². The molecule has 0 fully saturated rings. The van der Waals surface area contributed by atoms with Crippen LogP contribution in [0.3, 0.4) is 0 Å². The second kappa shape index (κ2) is 4.96. The van der Waals surface area contributed by atoms with E-state index in [1.54, 1.807) is 18.9 Å². The summed E-state index contributed by atoms with van der Waals surface area (Å²) in [6, 6.07) is 4.08. The first-order valence-corrected chi connectivity index (χ1v) is 6.46. The zero-order valence-electron chi connectivity index (χ0n) is 11.8. The quantitative estimate of drug-likeness (QED) is 0.896. The SMILES string of the molecule is COc1cc2c(cc1OC)NC(c1cnn(C)c1)CN2. The van der Waals surface area contributed by atoms with Crippen molar-refractivity contribution in [3.63, 3.8) is 0 Å². The molecule has 1 aliphatic rings. The predicted octanol–water partition coefficient (Wildman–Crippen LogP) is 2.02. The Bertz CT molecular complexity index is 624. The lowest BCUT2D eigenvalue weighted by Crippen LogP contribution is -2.25. The Morgan fingerprint density at radius 2 is 1.90 bits per heavy atom. The smallest absolute Gasteiger partial charge is 0.162 e. The molecule has 106 valence electrons. The van der Waals surface area contributed by atoms with E-state index in [1.807, 2.05) is 31.6 Å². The van der Waals surface area contributed by atoms with Crippen LogP contribution in [0.1, 0.15) is 11.6 Å². The van der Waals surface area contributed by atoms with Crippen molar-refractivity contribution in [1.82, 2.24) is 9.78 Å². The van der Waals surface area contributed by atoms with Crippen LogP contribution in [0.5, 0.6) is 11.5 Å². The van der Waals surface area contributed by atoms with Gasteiger partial charge >= 0.3 is 0 Å². The number of nitrogens with zero attached hydrogens (tertiary/aromatic N) is 2. The Labute approximate surface area is 117 Å². The van der Waals surface area contributed by atoms with Crippen molar-refractivity contribution in [2.45, 2.75) is 6.04 Å². The summed E-state index contributed by atoms with van der Waals surface area (Å²) in [5.41, 5.74) is 3.17. The first-order valence-electron chi connectivity index (χ1n) is 6.46. The Kier molecular flexibility index (Phi) is 3.14. The summed E-state index contributed by atoms with van der Waals surface area (Å²) in [7, 11) is 5.19. The number of hydrogen-bond acceptors (Lipinski definition) is 5. The predicted molar refractivity (Wildman–Crippen MR) is 77.6 cm³/mol. The number of fused-ring (bicyclic) bond motifs is 1. The Hall–Kier alpha value is -2.37. The zero-order valence-corrected chi connectivity index (χ0v) is 11.8. The maximum Gasteiger partial charge on any atom is 0.162 e. The van der Waals surface area contributed by atoms with Crippen LogP contribution in [-0.2, 0) is 7.05 Å². The lowest BCUT2D eigenvalue weighted by molar-refractivity contribution is 0.355. The number of rotatable bonds is 3. The molecular formula is C14H18N4O2. The van der Waals surface area contributed by atoms with Gasteiger partial charge < -0.3 is 20.1 Å². The molecule has 6 heteroatoms. The van der Waals surface area contributed by atoms with Gasteiger partial charge in [-0.05, 0) is 0 Å². The number of ether oxygens (including phenoxy) is 2. The van der Waals surface area contributed by atoms with E-state index in [0.717, 1.165) is 29.2 Å².